The highest BCUT2D eigenvalue weighted by Crippen LogP contribution is 2.18. The number of carbonyl (C=O) groups excluding carboxylic acids is 2. The molecule has 126 valence electrons. The number of nitrogens with one attached hydrogen (secondary N) is 3. The van der Waals surface area contributed by atoms with Crippen LogP contribution in [-0.4, -0.2) is 25.1 Å². The van der Waals surface area contributed by atoms with Crippen LogP contribution in [0, 0.1) is 0 Å². The first kappa shape index (κ1) is 17.8. The third-order valence-electron chi connectivity index (χ3n) is 3.13. The molecular formula is C17H18BrN3O3. The largest absolute Gasteiger partial charge is 0.481 e. The Kier molecular flexibility index (Phi) is 6.20. The number of amides is 3. The number of carbonyl (C=O) groups is 2. The average Bonchev–Trinajstić information content (AvgIpc) is 2.58. The number of hydrogen-bond donors (Lipinski definition) is 3. The highest BCUT2D eigenvalue weighted by Gasteiger charge is 2.15. The fraction of sp³-hybridized carbons (Fsp3) is 0.176. The van der Waals surface area contributed by atoms with Gasteiger partial charge in [-0.1, -0.05) is 15.9 Å². The number of urea groups is 1. The summed E-state index contributed by atoms with van der Waals surface area (Å²) in [7, 11) is 1.54. The van der Waals surface area contributed by atoms with Crippen LogP contribution in [0.25, 0.3) is 0 Å². The Morgan fingerprint density at radius 2 is 1.50 bits per heavy atom. The average molecular weight is 392 g/mol. The standard InChI is InChI=1S/C17H18BrN3O3/c1-11(24-15-9-3-12(18)4-10-15)16(22)20-13-5-7-14(8-6-13)21-17(23)19-2/h3-11H,1-2H3,(H,20,22)(H2,19,21,23). The van der Waals surface area contributed by atoms with Crippen LogP contribution in [0.3, 0.4) is 0 Å². The zero-order valence-corrected chi connectivity index (χ0v) is 14.9. The summed E-state index contributed by atoms with van der Waals surface area (Å²) in [5, 5.41) is 7.87. The first-order valence-electron chi connectivity index (χ1n) is 7.30. The molecule has 24 heavy (non-hydrogen) atoms. The van der Waals surface area contributed by atoms with Gasteiger partial charge in [0.05, 0.1) is 0 Å². The lowest BCUT2D eigenvalue weighted by Crippen LogP contribution is -2.30. The van der Waals surface area contributed by atoms with Gasteiger partial charge in [0.15, 0.2) is 6.10 Å². The number of hydrogen-bond acceptors (Lipinski definition) is 3. The second-order valence-corrected chi connectivity index (χ2v) is 5.90. The fourth-order valence-electron chi connectivity index (χ4n) is 1.85. The lowest BCUT2D eigenvalue weighted by Gasteiger charge is -2.15. The van der Waals surface area contributed by atoms with Crippen LogP contribution in [0.4, 0.5) is 16.2 Å². The van der Waals surface area contributed by atoms with E-state index < -0.39 is 6.10 Å². The molecule has 0 heterocycles. The number of anilines is 2. The molecule has 0 fully saturated rings. The molecule has 7 heteroatoms. The predicted molar refractivity (Wildman–Crippen MR) is 97.4 cm³/mol. The van der Waals surface area contributed by atoms with Crippen molar-refractivity contribution in [1.29, 1.82) is 0 Å². The van der Waals surface area contributed by atoms with Gasteiger partial charge in [-0.3, -0.25) is 4.79 Å². The van der Waals surface area contributed by atoms with Crippen molar-refractivity contribution in [3.8, 4) is 5.75 Å². The minimum atomic E-state index is -0.644. The van der Waals surface area contributed by atoms with Crippen molar-refractivity contribution in [2.75, 3.05) is 17.7 Å². The SMILES string of the molecule is CNC(=O)Nc1ccc(NC(=O)C(C)Oc2ccc(Br)cc2)cc1. The van der Waals surface area contributed by atoms with Gasteiger partial charge in [0.25, 0.3) is 5.91 Å². The Morgan fingerprint density at radius 1 is 0.958 bits per heavy atom. The number of rotatable bonds is 5. The van der Waals surface area contributed by atoms with Gasteiger partial charge in [-0.2, -0.15) is 0 Å². The Bertz CT molecular complexity index is 702. The molecule has 0 radical (unpaired) electrons. The number of ether oxygens (including phenoxy) is 1. The monoisotopic (exact) mass is 391 g/mol. The first-order valence-corrected chi connectivity index (χ1v) is 8.09. The molecule has 0 spiro atoms. The molecule has 3 N–H and O–H groups in total. The van der Waals surface area contributed by atoms with E-state index in [0.29, 0.717) is 17.1 Å². The van der Waals surface area contributed by atoms with E-state index >= 15 is 0 Å². The lowest BCUT2D eigenvalue weighted by molar-refractivity contribution is -0.122. The summed E-state index contributed by atoms with van der Waals surface area (Å²) in [5.74, 6) is 0.357. The molecule has 0 saturated carbocycles. The second kappa shape index (κ2) is 8.35. The molecule has 0 aliphatic rings. The van der Waals surface area contributed by atoms with Crippen LogP contribution >= 0.6 is 15.9 Å². The van der Waals surface area contributed by atoms with Crippen LogP contribution in [0.5, 0.6) is 5.75 Å². The Labute approximate surface area is 148 Å². The second-order valence-electron chi connectivity index (χ2n) is 4.98. The van der Waals surface area contributed by atoms with Crippen LogP contribution in [0.15, 0.2) is 53.0 Å². The van der Waals surface area contributed by atoms with Gasteiger partial charge in [0.1, 0.15) is 5.75 Å². The molecule has 2 rings (SSSR count). The highest BCUT2D eigenvalue weighted by molar-refractivity contribution is 9.10. The molecule has 0 aliphatic heterocycles. The molecule has 0 saturated heterocycles. The van der Waals surface area contributed by atoms with E-state index in [1.807, 2.05) is 12.1 Å². The third-order valence-corrected chi connectivity index (χ3v) is 3.66. The molecule has 1 unspecified atom stereocenters. The van der Waals surface area contributed by atoms with Gasteiger partial charge in [-0.25, -0.2) is 4.79 Å². The van der Waals surface area contributed by atoms with Gasteiger partial charge in [0, 0.05) is 22.9 Å². The van der Waals surface area contributed by atoms with E-state index in [4.69, 9.17) is 4.74 Å². The molecule has 1 atom stereocenters. The number of benzene rings is 2. The number of halogens is 1. The van der Waals surface area contributed by atoms with Gasteiger partial charge < -0.3 is 20.7 Å². The van der Waals surface area contributed by atoms with Gasteiger partial charge >= 0.3 is 6.03 Å². The van der Waals surface area contributed by atoms with E-state index in [1.54, 1.807) is 43.3 Å². The molecule has 6 nitrogen and oxygen atoms in total. The van der Waals surface area contributed by atoms with Gasteiger partial charge in [-0.05, 0) is 55.5 Å². The van der Waals surface area contributed by atoms with E-state index in [-0.39, 0.29) is 11.9 Å². The topological polar surface area (TPSA) is 79.5 Å². The fourth-order valence-corrected chi connectivity index (χ4v) is 2.11. The summed E-state index contributed by atoms with van der Waals surface area (Å²) in [6, 6.07) is 13.8. The summed E-state index contributed by atoms with van der Waals surface area (Å²) in [6.07, 6.45) is -0.644. The van der Waals surface area contributed by atoms with Gasteiger partial charge in [0.2, 0.25) is 0 Å². The molecule has 2 aromatic carbocycles. The lowest BCUT2D eigenvalue weighted by atomic mass is 10.2. The minimum absolute atomic E-state index is 0.259. The van der Waals surface area contributed by atoms with E-state index in [9.17, 15) is 9.59 Å². The smallest absolute Gasteiger partial charge is 0.318 e. The van der Waals surface area contributed by atoms with E-state index in [1.165, 1.54) is 7.05 Å². The van der Waals surface area contributed by atoms with Crippen LogP contribution < -0.4 is 20.7 Å². The molecule has 2 aromatic rings. The Morgan fingerprint density at radius 3 is 2.04 bits per heavy atom. The maximum absolute atomic E-state index is 12.2. The van der Waals surface area contributed by atoms with Crippen molar-refractivity contribution in [2.24, 2.45) is 0 Å². The van der Waals surface area contributed by atoms with Crippen molar-refractivity contribution in [2.45, 2.75) is 13.0 Å². The van der Waals surface area contributed by atoms with Crippen molar-refractivity contribution in [3.05, 3.63) is 53.0 Å². The van der Waals surface area contributed by atoms with Crippen molar-refractivity contribution in [3.63, 3.8) is 0 Å². The van der Waals surface area contributed by atoms with Crippen LogP contribution in [0.2, 0.25) is 0 Å². The maximum Gasteiger partial charge on any atom is 0.318 e. The normalized spacial score (nSPS) is 11.3. The third kappa shape index (κ3) is 5.27. The van der Waals surface area contributed by atoms with Gasteiger partial charge in [-0.15, -0.1) is 0 Å². The maximum atomic E-state index is 12.2. The Hall–Kier alpha value is -2.54. The molecular weight excluding hydrogens is 374 g/mol. The summed E-state index contributed by atoms with van der Waals surface area (Å²) >= 11 is 3.35. The minimum Gasteiger partial charge on any atom is -0.481 e. The zero-order chi connectivity index (χ0) is 17.5. The van der Waals surface area contributed by atoms with Crippen molar-refractivity contribution < 1.29 is 14.3 Å². The quantitative estimate of drug-likeness (QED) is 0.728. The molecule has 0 aliphatic carbocycles. The van der Waals surface area contributed by atoms with E-state index in [0.717, 1.165) is 4.47 Å². The van der Waals surface area contributed by atoms with Crippen LogP contribution in [-0.2, 0) is 4.79 Å². The van der Waals surface area contributed by atoms with Crippen molar-refractivity contribution in [1.82, 2.24) is 5.32 Å². The van der Waals surface area contributed by atoms with Crippen LogP contribution in [0.1, 0.15) is 6.92 Å². The molecule has 3 amide bonds. The van der Waals surface area contributed by atoms with E-state index in [2.05, 4.69) is 31.9 Å². The summed E-state index contributed by atoms with van der Waals surface area (Å²) in [4.78, 5) is 23.4. The summed E-state index contributed by atoms with van der Waals surface area (Å²) < 4.78 is 6.54. The Balaban J connectivity index is 1.91. The van der Waals surface area contributed by atoms with Crippen molar-refractivity contribution >= 4 is 39.2 Å². The molecule has 0 bridgehead atoms. The highest BCUT2D eigenvalue weighted by atomic mass is 79.9. The predicted octanol–water partition coefficient (Wildman–Crippen LogP) is 3.61. The molecule has 0 aromatic heterocycles. The summed E-state index contributed by atoms with van der Waals surface area (Å²) in [6.45, 7) is 1.68. The first-order chi connectivity index (χ1) is 11.5. The summed E-state index contributed by atoms with van der Waals surface area (Å²) in [5.41, 5.74) is 1.25. The zero-order valence-electron chi connectivity index (χ0n) is 13.3.